The Kier molecular flexibility index (Phi) is 56.4. The highest BCUT2D eigenvalue weighted by molar-refractivity contribution is 5.71. The molecule has 0 spiro atoms. The molecule has 412 valence electrons. The van der Waals surface area contributed by atoms with E-state index in [0.29, 0.717) is 19.3 Å². The summed E-state index contributed by atoms with van der Waals surface area (Å²) >= 11 is 0. The van der Waals surface area contributed by atoms with Crippen molar-refractivity contribution < 1.29 is 28.6 Å². The van der Waals surface area contributed by atoms with Gasteiger partial charge in [0.25, 0.3) is 0 Å². The number of hydrogen-bond donors (Lipinski definition) is 0. The molecule has 0 amide bonds. The molecule has 0 saturated heterocycles. The highest BCUT2D eigenvalue weighted by Crippen LogP contribution is 2.14. The fraction of sp³-hybridized carbons (Fsp3) is 0.627. The number of carbonyl (C=O) groups excluding carboxylic acids is 3. The molecule has 0 aromatic rings. The van der Waals surface area contributed by atoms with Crippen LogP contribution in [0, 0.1) is 0 Å². The van der Waals surface area contributed by atoms with Gasteiger partial charge in [-0.15, -0.1) is 0 Å². The number of carbonyl (C=O) groups is 3. The first-order valence-electron chi connectivity index (χ1n) is 29.7. The molecule has 0 aromatic heterocycles. The van der Waals surface area contributed by atoms with Crippen molar-refractivity contribution in [3.63, 3.8) is 0 Å². The summed E-state index contributed by atoms with van der Waals surface area (Å²) in [5, 5.41) is 0. The standard InChI is InChI=1S/C67H108O6/c1-4-7-10-13-16-19-22-25-27-28-29-30-31-32-33-34-35-36-37-38-40-42-45-48-51-54-57-60-66(69)72-63-64(62-71-65(68)59-56-53-50-47-44-41-24-21-18-15-12-9-6-3)73-67(70)61-58-55-52-49-46-43-39-26-23-20-17-14-11-8-5-2/h7-8,10-11,16-17,19-21,24-27,29-30,32-33,35-36,39,46,49,64H,4-6,9,12-15,18,22-23,28,31,34,37-38,40-45,47-48,50-63H2,1-3H3/b10-7-,11-8-,19-16-,20-17-,24-21-,27-25-,30-29-,33-32-,36-35-,39-26-,49-46-. The van der Waals surface area contributed by atoms with Crippen LogP contribution in [-0.2, 0) is 28.6 Å². The minimum absolute atomic E-state index is 0.105. The molecule has 0 heterocycles. The number of hydrogen-bond acceptors (Lipinski definition) is 6. The van der Waals surface area contributed by atoms with E-state index >= 15 is 0 Å². The van der Waals surface area contributed by atoms with Gasteiger partial charge in [0.1, 0.15) is 13.2 Å². The average Bonchev–Trinajstić information content (AvgIpc) is 3.39. The van der Waals surface area contributed by atoms with Crippen molar-refractivity contribution in [2.24, 2.45) is 0 Å². The van der Waals surface area contributed by atoms with Crippen LogP contribution in [0.5, 0.6) is 0 Å². The Morgan fingerprint density at radius 2 is 0.534 bits per heavy atom. The summed E-state index contributed by atoms with van der Waals surface area (Å²) in [5.74, 6) is -0.967. The maximum atomic E-state index is 12.8. The predicted molar refractivity (Wildman–Crippen MR) is 316 cm³/mol. The molecule has 73 heavy (non-hydrogen) atoms. The van der Waals surface area contributed by atoms with Crippen molar-refractivity contribution in [1.82, 2.24) is 0 Å². The van der Waals surface area contributed by atoms with Gasteiger partial charge in [-0.3, -0.25) is 14.4 Å². The summed E-state index contributed by atoms with van der Waals surface area (Å²) in [6, 6.07) is 0. The highest BCUT2D eigenvalue weighted by atomic mass is 16.6. The zero-order chi connectivity index (χ0) is 52.9. The lowest BCUT2D eigenvalue weighted by Gasteiger charge is -2.18. The minimum atomic E-state index is -0.811. The maximum absolute atomic E-state index is 12.8. The van der Waals surface area contributed by atoms with Gasteiger partial charge in [0.05, 0.1) is 0 Å². The van der Waals surface area contributed by atoms with E-state index in [0.717, 1.165) is 135 Å². The van der Waals surface area contributed by atoms with Gasteiger partial charge in [-0.05, 0) is 135 Å². The average molecular weight is 1010 g/mol. The predicted octanol–water partition coefficient (Wildman–Crippen LogP) is 20.2. The van der Waals surface area contributed by atoms with Crippen molar-refractivity contribution in [2.45, 2.75) is 258 Å². The van der Waals surface area contributed by atoms with Crippen molar-refractivity contribution in [3.8, 4) is 0 Å². The summed E-state index contributed by atoms with van der Waals surface area (Å²) in [6.07, 6.45) is 84.5. The van der Waals surface area contributed by atoms with E-state index in [1.54, 1.807) is 0 Å². The second-order valence-electron chi connectivity index (χ2n) is 19.1. The van der Waals surface area contributed by atoms with E-state index in [9.17, 15) is 14.4 Å². The van der Waals surface area contributed by atoms with Crippen LogP contribution in [0.1, 0.15) is 252 Å². The lowest BCUT2D eigenvalue weighted by atomic mass is 10.1. The van der Waals surface area contributed by atoms with Crippen LogP contribution >= 0.6 is 0 Å². The Bertz CT molecular complexity index is 1580. The molecule has 0 saturated carbocycles. The van der Waals surface area contributed by atoms with E-state index in [4.69, 9.17) is 14.2 Å². The van der Waals surface area contributed by atoms with E-state index in [1.165, 1.54) is 70.6 Å². The molecule has 0 rings (SSSR count). The molecular formula is C67H108O6. The Labute approximate surface area is 449 Å². The Hall–Kier alpha value is -4.45. The van der Waals surface area contributed by atoms with E-state index in [2.05, 4.69) is 154 Å². The summed E-state index contributed by atoms with van der Waals surface area (Å²) in [4.78, 5) is 38.2. The molecule has 0 aromatic carbocycles. The number of allylic oxidation sites excluding steroid dienone is 22. The number of ether oxygens (including phenoxy) is 3. The van der Waals surface area contributed by atoms with E-state index in [-0.39, 0.29) is 37.5 Å². The molecule has 0 radical (unpaired) electrons. The third kappa shape index (κ3) is 58.3. The highest BCUT2D eigenvalue weighted by Gasteiger charge is 2.19. The van der Waals surface area contributed by atoms with Crippen LogP contribution in [0.15, 0.2) is 134 Å². The fourth-order valence-electron chi connectivity index (χ4n) is 7.72. The first-order chi connectivity index (χ1) is 36.0. The van der Waals surface area contributed by atoms with Crippen LogP contribution in [0.3, 0.4) is 0 Å². The van der Waals surface area contributed by atoms with E-state index in [1.807, 2.05) is 0 Å². The molecule has 0 aliphatic rings. The molecule has 0 fully saturated rings. The van der Waals surface area contributed by atoms with Gasteiger partial charge < -0.3 is 14.2 Å². The largest absolute Gasteiger partial charge is 0.462 e. The molecule has 0 aliphatic carbocycles. The molecular weight excluding hydrogens is 901 g/mol. The number of unbranched alkanes of at least 4 members (excludes halogenated alkanes) is 19. The Morgan fingerprint density at radius 3 is 0.877 bits per heavy atom. The third-order valence-electron chi connectivity index (χ3n) is 12.1. The van der Waals surface area contributed by atoms with Crippen molar-refractivity contribution in [3.05, 3.63) is 134 Å². The monoisotopic (exact) mass is 1010 g/mol. The van der Waals surface area contributed by atoms with Crippen LogP contribution in [0.4, 0.5) is 0 Å². The lowest BCUT2D eigenvalue weighted by Crippen LogP contribution is -2.30. The van der Waals surface area contributed by atoms with Gasteiger partial charge >= 0.3 is 17.9 Å². The third-order valence-corrected chi connectivity index (χ3v) is 12.1. The van der Waals surface area contributed by atoms with Crippen LogP contribution in [-0.4, -0.2) is 37.2 Å². The van der Waals surface area contributed by atoms with Gasteiger partial charge in [-0.2, -0.15) is 0 Å². The summed E-state index contributed by atoms with van der Waals surface area (Å²) in [5.41, 5.74) is 0. The molecule has 6 nitrogen and oxygen atoms in total. The van der Waals surface area contributed by atoms with Crippen LogP contribution in [0.2, 0.25) is 0 Å². The Balaban J connectivity index is 4.38. The van der Waals surface area contributed by atoms with Gasteiger partial charge in [0.15, 0.2) is 6.10 Å². The van der Waals surface area contributed by atoms with Crippen LogP contribution in [0.25, 0.3) is 0 Å². The zero-order valence-corrected chi connectivity index (χ0v) is 47.1. The second-order valence-corrected chi connectivity index (χ2v) is 19.1. The quantitative estimate of drug-likeness (QED) is 0.0261. The minimum Gasteiger partial charge on any atom is -0.462 e. The zero-order valence-electron chi connectivity index (χ0n) is 47.1. The van der Waals surface area contributed by atoms with Crippen molar-refractivity contribution >= 4 is 17.9 Å². The van der Waals surface area contributed by atoms with Gasteiger partial charge in [-0.25, -0.2) is 0 Å². The second kappa shape index (κ2) is 60.1. The summed E-state index contributed by atoms with van der Waals surface area (Å²) in [7, 11) is 0. The number of rotatable bonds is 52. The summed E-state index contributed by atoms with van der Waals surface area (Å²) < 4.78 is 16.8. The van der Waals surface area contributed by atoms with Crippen molar-refractivity contribution in [2.75, 3.05) is 13.2 Å². The molecule has 1 atom stereocenters. The summed E-state index contributed by atoms with van der Waals surface area (Å²) in [6.45, 7) is 6.34. The normalized spacial score (nSPS) is 13.1. The van der Waals surface area contributed by atoms with Crippen molar-refractivity contribution in [1.29, 1.82) is 0 Å². The van der Waals surface area contributed by atoms with Gasteiger partial charge in [-0.1, -0.05) is 231 Å². The fourth-order valence-corrected chi connectivity index (χ4v) is 7.72. The maximum Gasteiger partial charge on any atom is 0.306 e. The first-order valence-corrected chi connectivity index (χ1v) is 29.7. The molecule has 6 heteroatoms. The van der Waals surface area contributed by atoms with E-state index < -0.39 is 6.10 Å². The number of esters is 3. The molecule has 0 N–H and O–H groups in total. The SMILES string of the molecule is CC/C=C\C/C=C\C/C=C\C/C=C\C/C=C\C/C=C\CCCCCCCCCCC(=O)OCC(COC(=O)CCCCCCC/C=C\CCCCCC)OC(=O)CCCC/C=C\C/C=C\C/C=C\C/C=C\CC. The smallest absolute Gasteiger partial charge is 0.306 e. The first kappa shape index (κ1) is 68.6. The Morgan fingerprint density at radius 1 is 0.288 bits per heavy atom. The topological polar surface area (TPSA) is 78.9 Å². The molecule has 0 aliphatic heterocycles. The van der Waals surface area contributed by atoms with Gasteiger partial charge in [0, 0.05) is 19.3 Å². The molecule has 1 unspecified atom stereocenters. The van der Waals surface area contributed by atoms with Crippen LogP contribution < -0.4 is 0 Å². The van der Waals surface area contributed by atoms with Gasteiger partial charge in [0.2, 0.25) is 0 Å². The molecule has 0 bridgehead atoms. The lowest BCUT2D eigenvalue weighted by molar-refractivity contribution is -0.167.